The molecule has 25 heavy (non-hydrogen) atoms. The zero-order valence-electron chi connectivity index (χ0n) is 15.7. The van der Waals surface area contributed by atoms with Gasteiger partial charge in [-0.05, 0) is 40.2 Å². The van der Waals surface area contributed by atoms with Crippen LogP contribution in [0.15, 0.2) is 30.3 Å². The lowest BCUT2D eigenvalue weighted by molar-refractivity contribution is -0.153. The fourth-order valence-corrected chi connectivity index (χ4v) is 2.01. The first kappa shape index (κ1) is 20.7. The zero-order valence-corrected chi connectivity index (χ0v) is 15.7. The number of hydrogen-bond donors (Lipinski definition) is 0. The van der Waals surface area contributed by atoms with E-state index in [1.165, 1.54) is 18.9 Å². The summed E-state index contributed by atoms with van der Waals surface area (Å²) in [6.07, 6.45) is -0.613. The molecule has 0 saturated carbocycles. The van der Waals surface area contributed by atoms with E-state index in [1.54, 1.807) is 27.7 Å². The van der Waals surface area contributed by atoms with Crippen molar-refractivity contribution < 1.29 is 23.9 Å². The number of carbonyl (C=O) groups excluding carboxylic acids is 3. The molecular weight excluding hydrogens is 322 g/mol. The van der Waals surface area contributed by atoms with Crippen molar-refractivity contribution in [1.82, 2.24) is 4.90 Å². The van der Waals surface area contributed by atoms with Crippen LogP contribution in [0, 0.1) is 5.92 Å². The Labute approximate surface area is 149 Å². The molecule has 6 heteroatoms. The van der Waals surface area contributed by atoms with Gasteiger partial charge in [-0.1, -0.05) is 30.3 Å². The summed E-state index contributed by atoms with van der Waals surface area (Å²) in [5, 5.41) is 0. The molecule has 138 valence electrons. The lowest BCUT2D eigenvalue weighted by Crippen LogP contribution is -2.46. The summed E-state index contributed by atoms with van der Waals surface area (Å²) >= 11 is 0. The third kappa shape index (κ3) is 6.57. The van der Waals surface area contributed by atoms with E-state index in [0.29, 0.717) is 0 Å². The highest BCUT2D eigenvalue weighted by Crippen LogP contribution is 2.14. The molecule has 1 aromatic rings. The third-order valence-corrected chi connectivity index (χ3v) is 3.68. The van der Waals surface area contributed by atoms with Crippen LogP contribution in [-0.4, -0.2) is 41.4 Å². The average Bonchev–Trinajstić information content (AvgIpc) is 2.56. The van der Waals surface area contributed by atoms with Crippen LogP contribution < -0.4 is 0 Å². The molecule has 0 N–H and O–H groups in total. The van der Waals surface area contributed by atoms with Gasteiger partial charge in [0.25, 0.3) is 0 Å². The van der Waals surface area contributed by atoms with Crippen LogP contribution in [-0.2, 0) is 25.7 Å². The first-order valence-electron chi connectivity index (χ1n) is 8.23. The maximum absolute atomic E-state index is 12.5. The maximum Gasteiger partial charge on any atom is 0.410 e. The summed E-state index contributed by atoms with van der Waals surface area (Å²) in [4.78, 5) is 37.8. The Morgan fingerprint density at radius 2 is 1.64 bits per heavy atom. The van der Waals surface area contributed by atoms with Crippen LogP contribution in [0.3, 0.4) is 0 Å². The van der Waals surface area contributed by atoms with E-state index in [9.17, 15) is 14.4 Å². The summed E-state index contributed by atoms with van der Waals surface area (Å²) in [7, 11) is 1.47. The first-order chi connectivity index (χ1) is 11.5. The van der Waals surface area contributed by atoms with E-state index in [2.05, 4.69) is 0 Å². The molecule has 6 nitrogen and oxygen atoms in total. The normalized spacial score (nSPS) is 13.5. The van der Waals surface area contributed by atoms with Crippen LogP contribution in [0.4, 0.5) is 4.79 Å². The van der Waals surface area contributed by atoms with Gasteiger partial charge in [0.1, 0.15) is 18.1 Å². The van der Waals surface area contributed by atoms with Gasteiger partial charge in [0.05, 0.1) is 6.04 Å². The molecule has 0 radical (unpaired) electrons. The SMILES string of the molecule is CC(C(=O)OCc1ccccc1)C(=O)[C@H](C)N(C)C(=O)OC(C)(C)C. The minimum Gasteiger partial charge on any atom is -0.460 e. The molecule has 1 unspecified atom stereocenters. The third-order valence-electron chi connectivity index (χ3n) is 3.68. The van der Waals surface area contributed by atoms with Gasteiger partial charge in [-0.25, -0.2) is 4.79 Å². The number of amides is 1. The second kappa shape index (κ2) is 8.65. The number of ether oxygens (including phenoxy) is 2. The Balaban J connectivity index is 2.61. The van der Waals surface area contributed by atoms with Crippen LogP contribution in [0.2, 0.25) is 0 Å². The van der Waals surface area contributed by atoms with Gasteiger partial charge in [0, 0.05) is 7.05 Å². The number of rotatable bonds is 6. The lowest BCUT2D eigenvalue weighted by Gasteiger charge is -2.28. The van der Waals surface area contributed by atoms with E-state index < -0.39 is 35.4 Å². The summed E-state index contributed by atoms with van der Waals surface area (Å²) in [6.45, 7) is 8.38. The maximum atomic E-state index is 12.5. The van der Waals surface area contributed by atoms with E-state index >= 15 is 0 Å². The zero-order chi connectivity index (χ0) is 19.2. The summed E-state index contributed by atoms with van der Waals surface area (Å²) in [5.74, 6) is -1.98. The van der Waals surface area contributed by atoms with Gasteiger partial charge >= 0.3 is 12.1 Å². The van der Waals surface area contributed by atoms with Crippen molar-refractivity contribution in [2.75, 3.05) is 7.05 Å². The Hall–Kier alpha value is -2.37. The van der Waals surface area contributed by atoms with Crippen molar-refractivity contribution in [3.63, 3.8) is 0 Å². The average molecular weight is 349 g/mol. The molecular formula is C19H27NO5. The number of carbonyl (C=O) groups is 3. The fourth-order valence-electron chi connectivity index (χ4n) is 2.01. The highest BCUT2D eigenvalue weighted by atomic mass is 16.6. The first-order valence-corrected chi connectivity index (χ1v) is 8.23. The topological polar surface area (TPSA) is 72.9 Å². The Morgan fingerprint density at radius 3 is 2.16 bits per heavy atom. The second-order valence-corrected chi connectivity index (χ2v) is 6.98. The minimum atomic E-state index is -0.969. The van der Waals surface area contributed by atoms with Crippen molar-refractivity contribution in [3.8, 4) is 0 Å². The van der Waals surface area contributed by atoms with E-state index in [0.717, 1.165) is 5.56 Å². The number of likely N-dealkylation sites (N-methyl/N-ethyl adjacent to an activating group) is 1. The summed E-state index contributed by atoms with van der Waals surface area (Å²) in [5.41, 5.74) is 0.184. The predicted molar refractivity (Wildman–Crippen MR) is 93.9 cm³/mol. The molecule has 2 atom stereocenters. The van der Waals surface area contributed by atoms with Crippen LogP contribution in [0.5, 0.6) is 0 Å². The Morgan fingerprint density at radius 1 is 1.08 bits per heavy atom. The van der Waals surface area contributed by atoms with Gasteiger partial charge in [-0.2, -0.15) is 0 Å². The number of benzene rings is 1. The predicted octanol–water partition coefficient (Wildman–Crippen LogP) is 3.19. The van der Waals surface area contributed by atoms with Crippen molar-refractivity contribution in [1.29, 1.82) is 0 Å². The largest absolute Gasteiger partial charge is 0.460 e. The molecule has 0 fully saturated rings. The molecule has 1 aromatic carbocycles. The summed E-state index contributed by atoms with van der Waals surface area (Å²) < 4.78 is 10.4. The number of ketones is 1. The number of nitrogens with zero attached hydrogens (tertiary/aromatic N) is 1. The molecule has 0 aromatic heterocycles. The molecule has 0 bridgehead atoms. The van der Waals surface area contributed by atoms with Crippen LogP contribution in [0.1, 0.15) is 40.2 Å². The highest BCUT2D eigenvalue weighted by Gasteiger charge is 2.33. The van der Waals surface area contributed by atoms with Crippen molar-refractivity contribution in [2.24, 2.45) is 5.92 Å². The summed E-state index contributed by atoms with van der Waals surface area (Å²) in [6, 6.07) is 8.42. The van der Waals surface area contributed by atoms with Crippen molar-refractivity contribution in [2.45, 2.75) is 52.9 Å². The quantitative estimate of drug-likeness (QED) is 0.582. The van der Waals surface area contributed by atoms with Crippen LogP contribution in [0.25, 0.3) is 0 Å². The Bertz CT molecular complexity index is 606. The van der Waals surface area contributed by atoms with Gasteiger partial charge in [0.15, 0.2) is 5.78 Å². The van der Waals surface area contributed by atoms with Gasteiger partial charge in [0.2, 0.25) is 0 Å². The van der Waals surface area contributed by atoms with Gasteiger partial charge in [-0.15, -0.1) is 0 Å². The number of esters is 1. The molecule has 0 aliphatic rings. The Kier molecular flexibility index (Phi) is 7.15. The number of hydrogen-bond acceptors (Lipinski definition) is 5. The van der Waals surface area contributed by atoms with Gasteiger partial charge in [-0.3, -0.25) is 9.59 Å². The van der Waals surface area contributed by atoms with E-state index in [1.807, 2.05) is 30.3 Å². The number of Topliss-reactive ketones (excluding diaryl/α,β-unsaturated/α-hetero) is 1. The van der Waals surface area contributed by atoms with Crippen LogP contribution >= 0.6 is 0 Å². The molecule has 0 spiro atoms. The van der Waals surface area contributed by atoms with Crippen molar-refractivity contribution >= 4 is 17.8 Å². The molecule has 0 heterocycles. The molecule has 1 amide bonds. The second-order valence-electron chi connectivity index (χ2n) is 6.98. The standard InChI is InChI=1S/C19H27NO5/c1-13(17(22)24-12-15-10-8-7-9-11-15)16(21)14(2)20(6)18(23)25-19(3,4)5/h7-11,13-14H,12H2,1-6H3/t13?,14-/m0/s1. The highest BCUT2D eigenvalue weighted by molar-refractivity contribution is 6.02. The fraction of sp³-hybridized carbons (Fsp3) is 0.526. The van der Waals surface area contributed by atoms with Gasteiger partial charge < -0.3 is 14.4 Å². The molecule has 0 aliphatic carbocycles. The molecule has 0 saturated heterocycles. The monoisotopic (exact) mass is 349 g/mol. The molecule has 1 rings (SSSR count). The smallest absolute Gasteiger partial charge is 0.410 e. The minimum absolute atomic E-state index is 0.105. The molecule has 0 aliphatic heterocycles. The van der Waals surface area contributed by atoms with Crippen molar-refractivity contribution in [3.05, 3.63) is 35.9 Å². The lowest BCUT2D eigenvalue weighted by atomic mass is 10.0. The van der Waals surface area contributed by atoms with E-state index in [-0.39, 0.29) is 6.61 Å². The van der Waals surface area contributed by atoms with E-state index in [4.69, 9.17) is 9.47 Å².